The van der Waals surface area contributed by atoms with Crippen molar-refractivity contribution >= 4 is 16.5 Å². The molecule has 1 fully saturated rings. The Hall–Kier alpha value is -0.610. The molecule has 2 rings (SSSR count). The van der Waals surface area contributed by atoms with Crippen molar-refractivity contribution in [2.24, 2.45) is 0 Å². The van der Waals surface area contributed by atoms with E-state index in [4.69, 9.17) is 4.98 Å². The van der Waals surface area contributed by atoms with E-state index in [9.17, 15) is 5.11 Å². The van der Waals surface area contributed by atoms with Crippen LogP contribution in [0.5, 0.6) is 0 Å². The van der Waals surface area contributed by atoms with Crippen LogP contribution in [0.25, 0.3) is 0 Å². The number of aromatic nitrogens is 1. The van der Waals surface area contributed by atoms with Gasteiger partial charge in [0.2, 0.25) is 0 Å². The molecule has 108 valence electrons. The third-order valence-electron chi connectivity index (χ3n) is 3.89. The van der Waals surface area contributed by atoms with Crippen LogP contribution in [0, 0.1) is 0 Å². The van der Waals surface area contributed by atoms with Gasteiger partial charge in [-0.25, -0.2) is 4.98 Å². The number of thiazole rings is 1. The second-order valence-electron chi connectivity index (χ2n) is 6.40. The summed E-state index contributed by atoms with van der Waals surface area (Å²) in [7, 11) is 0. The SMILES string of the molecule is CCN(c1nc(C(C)(C)C)c(CO)s1)C1CCCC1. The molecule has 1 aliphatic rings. The van der Waals surface area contributed by atoms with E-state index in [2.05, 4.69) is 32.6 Å². The summed E-state index contributed by atoms with van der Waals surface area (Å²) in [5, 5.41) is 10.7. The molecule has 1 aromatic rings. The second kappa shape index (κ2) is 5.80. The Labute approximate surface area is 120 Å². The Bertz CT molecular complexity index is 416. The zero-order valence-electron chi connectivity index (χ0n) is 12.6. The highest BCUT2D eigenvalue weighted by atomic mass is 32.1. The monoisotopic (exact) mass is 282 g/mol. The van der Waals surface area contributed by atoms with Crippen LogP contribution in [0.4, 0.5) is 5.13 Å². The maximum atomic E-state index is 9.57. The fraction of sp³-hybridized carbons (Fsp3) is 0.800. The minimum absolute atomic E-state index is 0.00189. The first kappa shape index (κ1) is 14.8. The van der Waals surface area contributed by atoms with Crippen molar-refractivity contribution in [3.05, 3.63) is 10.6 Å². The molecule has 0 aliphatic heterocycles. The Morgan fingerprint density at radius 2 is 1.95 bits per heavy atom. The maximum Gasteiger partial charge on any atom is 0.186 e. The molecule has 1 aromatic heterocycles. The van der Waals surface area contributed by atoms with Crippen LogP contribution >= 0.6 is 11.3 Å². The molecule has 1 heterocycles. The van der Waals surface area contributed by atoms with Crippen LogP contribution in [-0.2, 0) is 12.0 Å². The Morgan fingerprint density at radius 1 is 1.32 bits per heavy atom. The molecule has 0 bridgehead atoms. The lowest BCUT2D eigenvalue weighted by Gasteiger charge is -2.27. The number of hydrogen-bond acceptors (Lipinski definition) is 4. The van der Waals surface area contributed by atoms with Crippen LogP contribution in [0.3, 0.4) is 0 Å². The average molecular weight is 282 g/mol. The lowest BCUT2D eigenvalue weighted by molar-refractivity contribution is 0.282. The van der Waals surface area contributed by atoms with Gasteiger partial charge in [-0.15, -0.1) is 0 Å². The normalized spacial score (nSPS) is 17.1. The molecular weight excluding hydrogens is 256 g/mol. The number of rotatable bonds is 4. The predicted molar refractivity (Wildman–Crippen MR) is 82.0 cm³/mol. The minimum atomic E-state index is 0.00189. The van der Waals surface area contributed by atoms with E-state index in [1.807, 2.05) is 0 Å². The summed E-state index contributed by atoms with van der Waals surface area (Å²) in [6.07, 6.45) is 5.25. The van der Waals surface area contributed by atoms with Crippen molar-refractivity contribution in [1.29, 1.82) is 0 Å². The van der Waals surface area contributed by atoms with Gasteiger partial charge in [0.05, 0.1) is 17.2 Å². The van der Waals surface area contributed by atoms with Gasteiger partial charge in [0.25, 0.3) is 0 Å². The molecule has 4 heteroatoms. The quantitative estimate of drug-likeness (QED) is 0.914. The Kier molecular flexibility index (Phi) is 4.51. The van der Waals surface area contributed by atoms with E-state index in [1.165, 1.54) is 25.7 Å². The van der Waals surface area contributed by atoms with Gasteiger partial charge in [-0.3, -0.25) is 0 Å². The molecule has 3 nitrogen and oxygen atoms in total. The van der Waals surface area contributed by atoms with Crippen molar-refractivity contribution < 1.29 is 5.11 Å². The molecule has 0 aromatic carbocycles. The summed E-state index contributed by atoms with van der Waals surface area (Å²) < 4.78 is 0. The zero-order chi connectivity index (χ0) is 14.0. The molecule has 0 saturated heterocycles. The highest BCUT2D eigenvalue weighted by Crippen LogP contribution is 2.36. The largest absolute Gasteiger partial charge is 0.391 e. The number of nitrogens with zero attached hydrogens (tertiary/aromatic N) is 2. The first-order valence-corrected chi connectivity index (χ1v) is 8.16. The summed E-state index contributed by atoms with van der Waals surface area (Å²) in [5.41, 5.74) is 1.06. The van der Waals surface area contributed by atoms with Gasteiger partial charge in [0.1, 0.15) is 0 Å². The van der Waals surface area contributed by atoms with Gasteiger partial charge in [0, 0.05) is 18.0 Å². The van der Waals surface area contributed by atoms with Crippen LogP contribution < -0.4 is 4.90 Å². The molecule has 1 aliphatic carbocycles. The molecule has 0 atom stereocenters. The lowest BCUT2D eigenvalue weighted by atomic mass is 9.91. The predicted octanol–water partition coefficient (Wildman–Crippen LogP) is 3.70. The lowest BCUT2D eigenvalue weighted by Crippen LogP contribution is -2.33. The molecule has 0 radical (unpaired) electrons. The van der Waals surface area contributed by atoms with E-state index in [0.717, 1.165) is 22.2 Å². The third-order valence-corrected chi connectivity index (χ3v) is 4.97. The van der Waals surface area contributed by atoms with Crippen LogP contribution in [0.15, 0.2) is 0 Å². The summed E-state index contributed by atoms with van der Waals surface area (Å²) in [4.78, 5) is 8.32. The van der Waals surface area contributed by atoms with E-state index in [-0.39, 0.29) is 12.0 Å². The Balaban J connectivity index is 2.30. The maximum absolute atomic E-state index is 9.57. The Morgan fingerprint density at radius 3 is 2.37 bits per heavy atom. The fourth-order valence-electron chi connectivity index (χ4n) is 2.92. The number of anilines is 1. The highest BCUT2D eigenvalue weighted by molar-refractivity contribution is 7.15. The van der Waals surface area contributed by atoms with Gasteiger partial charge in [-0.1, -0.05) is 44.9 Å². The van der Waals surface area contributed by atoms with Gasteiger partial charge in [0.15, 0.2) is 5.13 Å². The van der Waals surface area contributed by atoms with E-state index in [0.29, 0.717) is 6.04 Å². The summed E-state index contributed by atoms with van der Waals surface area (Å²) in [6.45, 7) is 9.80. The molecule has 19 heavy (non-hydrogen) atoms. The molecule has 1 N–H and O–H groups in total. The zero-order valence-corrected chi connectivity index (χ0v) is 13.4. The molecular formula is C15H26N2OS. The number of aliphatic hydroxyl groups is 1. The molecule has 0 spiro atoms. The minimum Gasteiger partial charge on any atom is -0.391 e. The van der Waals surface area contributed by atoms with Crippen molar-refractivity contribution in [3.63, 3.8) is 0 Å². The standard InChI is InChI=1S/C15H26N2OS/c1-5-17(11-8-6-7-9-11)14-16-13(15(2,3)4)12(10-18)19-14/h11,18H,5-10H2,1-4H3. The average Bonchev–Trinajstić information content (AvgIpc) is 2.98. The first-order valence-electron chi connectivity index (χ1n) is 7.35. The van der Waals surface area contributed by atoms with Gasteiger partial charge < -0.3 is 10.0 Å². The van der Waals surface area contributed by atoms with Crippen molar-refractivity contribution in [2.45, 2.75) is 71.4 Å². The molecule has 1 saturated carbocycles. The summed E-state index contributed by atoms with van der Waals surface area (Å²) in [6, 6.07) is 0.649. The van der Waals surface area contributed by atoms with Crippen molar-refractivity contribution in [1.82, 2.24) is 4.98 Å². The third kappa shape index (κ3) is 3.11. The topological polar surface area (TPSA) is 36.4 Å². The molecule has 0 amide bonds. The van der Waals surface area contributed by atoms with Gasteiger partial charge in [-0.05, 0) is 19.8 Å². The fourth-order valence-corrected chi connectivity index (χ4v) is 4.19. The van der Waals surface area contributed by atoms with Crippen LogP contribution in [0.2, 0.25) is 0 Å². The van der Waals surface area contributed by atoms with Crippen LogP contribution in [-0.4, -0.2) is 22.7 Å². The number of hydrogen-bond donors (Lipinski definition) is 1. The van der Waals surface area contributed by atoms with Crippen molar-refractivity contribution in [2.75, 3.05) is 11.4 Å². The van der Waals surface area contributed by atoms with Crippen LogP contribution in [0.1, 0.15) is 63.9 Å². The van der Waals surface area contributed by atoms with E-state index in [1.54, 1.807) is 11.3 Å². The highest BCUT2D eigenvalue weighted by Gasteiger charge is 2.28. The van der Waals surface area contributed by atoms with Crippen molar-refractivity contribution in [3.8, 4) is 0 Å². The van der Waals surface area contributed by atoms with E-state index < -0.39 is 0 Å². The smallest absolute Gasteiger partial charge is 0.186 e. The summed E-state index contributed by atoms with van der Waals surface area (Å²) >= 11 is 1.67. The van der Waals surface area contributed by atoms with Gasteiger partial charge >= 0.3 is 0 Å². The molecule has 0 unspecified atom stereocenters. The number of aliphatic hydroxyl groups excluding tert-OH is 1. The second-order valence-corrected chi connectivity index (χ2v) is 7.46. The summed E-state index contributed by atoms with van der Waals surface area (Å²) in [5.74, 6) is 0. The van der Waals surface area contributed by atoms with E-state index >= 15 is 0 Å². The van der Waals surface area contributed by atoms with Gasteiger partial charge in [-0.2, -0.15) is 0 Å². The first-order chi connectivity index (χ1) is 8.97.